The van der Waals surface area contributed by atoms with E-state index in [1.165, 1.54) is 12.8 Å². The van der Waals surface area contributed by atoms with Crippen LogP contribution in [0.15, 0.2) is 0 Å². The highest BCUT2D eigenvalue weighted by Gasteiger charge is 2.18. The third-order valence-electron chi connectivity index (χ3n) is 3.35. The van der Waals surface area contributed by atoms with E-state index in [-0.39, 0.29) is 12.1 Å². The number of nitrogens with one attached hydrogen (secondary N) is 2. The molecule has 0 aliphatic heterocycles. The van der Waals surface area contributed by atoms with Gasteiger partial charge >= 0.3 is 6.09 Å². The summed E-state index contributed by atoms with van der Waals surface area (Å²) in [6, 6.07) is 0.587. The van der Waals surface area contributed by atoms with E-state index >= 15 is 0 Å². The van der Waals surface area contributed by atoms with Crippen LogP contribution in [0.2, 0.25) is 0 Å². The highest BCUT2D eigenvalue weighted by atomic mass is 16.6. The normalized spacial score (nSPS) is 16.4. The van der Waals surface area contributed by atoms with E-state index in [2.05, 4.69) is 31.4 Å². The molecule has 0 saturated heterocycles. The van der Waals surface area contributed by atoms with Crippen LogP contribution in [0, 0.1) is 5.92 Å². The molecule has 3 atom stereocenters. The Balaban J connectivity index is 4.01. The average molecular weight is 286 g/mol. The minimum Gasteiger partial charge on any atom is -0.444 e. The maximum absolute atomic E-state index is 11.6. The fourth-order valence-corrected chi connectivity index (χ4v) is 1.95. The van der Waals surface area contributed by atoms with E-state index in [1.54, 1.807) is 0 Å². The first-order chi connectivity index (χ1) is 9.17. The first-order valence-corrected chi connectivity index (χ1v) is 7.90. The molecule has 4 nitrogen and oxygen atoms in total. The molecule has 0 rings (SSSR count). The zero-order valence-corrected chi connectivity index (χ0v) is 14.4. The topological polar surface area (TPSA) is 50.4 Å². The standard InChI is InChI=1S/C16H34N2O2/c1-8-12(3)10-14(9-2)17-11-13(4)18-15(19)20-16(5,6)7/h12-14,17H,8-11H2,1-7H3,(H,18,19). The van der Waals surface area contributed by atoms with Crippen molar-refractivity contribution in [1.29, 1.82) is 0 Å². The second kappa shape index (κ2) is 9.22. The second-order valence-electron chi connectivity index (χ2n) is 6.81. The number of ether oxygens (including phenoxy) is 1. The molecule has 0 heterocycles. The Morgan fingerprint density at radius 3 is 2.20 bits per heavy atom. The Morgan fingerprint density at radius 1 is 1.15 bits per heavy atom. The highest BCUT2D eigenvalue weighted by molar-refractivity contribution is 5.68. The molecule has 0 aromatic heterocycles. The molecule has 0 radical (unpaired) electrons. The van der Waals surface area contributed by atoms with E-state index in [1.807, 2.05) is 27.7 Å². The molecule has 0 aromatic rings. The van der Waals surface area contributed by atoms with E-state index in [4.69, 9.17) is 4.74 Å². The lowest BCUT2D eigenvalue weighted by Crippen LogP contribution is -2.45. The van der Waals surface area contributed by atoms with Gasteiger partial charge in [-0.2, -0.15) is 0 Å². The van der Waals surface area contributed by atoms with Gasteiger partial charge in [-0.15, -0.1) is 0 Å². The van der Waals surface area contributed by atoms with Crippen LogP contribution in [0.1, 0.15) is 67.7 Å². The molecule has 2 N–H and O–H groups in total. The van der Waals surface area contributed by atoms with Crippen LogP contribution in [-0.4, -0.2) is 30.3 Å². The molecule has 20 heavy (non-hydrogen) atoms. The lowest BCUT2D eigenvalue weighted by atomic mass is 9.97. The largest absolute Gasteiger partial charge is 0.444 e. The zero-order valence-electron chi connectivity index (χ0n) is 14.4. The molecule has 0 aliphatic carbocycles. The van der Waals surface area contributed by atoms with Crippen molar-refractivity contribution in [3.63, 3.8) is 0 Å². The number of alkyl carbamates (subject to hydrolysis) is 1. The van der Waals surface area contributed by atoms with Gasteiger partial charge in [-0.1, -0.05) is 27.2 Å². The molecule has 0 fully saturated rings. The summed E-state index contributed by atoms with van der Waals surface area (Å²) < 4.78 is 5.25. The zero-order chi connectivity index (χ0) is 15.8. The SMILES string of the molecule is CCC(C)CC(CC)NCC(C)NC(=O)OC(C)(C)C. The van der Waals surface area contributed by atoms with Crippen LogP contribution in [-0.2, 0) is 4.74 Å². The van der Waals surface area contributed by atoms with Gasteiger partial charge in [0.25, 0.3) is 0 Å². The van der Waals surface area contributed by atoms with Crippen molar-refractivity contribution in [2.24, 2.45) is 5.92 Å². The second-order valence-corrected chi connectivity index (χ2v) is 6.81. The van der Waals surface area contributed by atoms with Crippen LogP contribution < -0.4 is 10.6 Å². The van der Waals surface area contributed by atoms with Crippen molar-refractivity contribution < 1.29 is 9.53 Å². The molecule has 0 bridgehead atoms. The summed E-state index contributed by atoms with van der Waals surface area (Å²) in [6.45, 7) is 15.1. The summed E-state index contributed by atoms with van der Waals surface area (Å²) in [4.78, 5) is 11.6. The first kappa shape index (κ1) is 19.2. The quantitative estimate of drug-likeness (QED) is 0.715. The Morgan fingerprint density at radius 2 is 1.75 bits per heavy atom. The molecule has 0 spiro atoms. The first-order valence-electron chi connectivity index (χ1n) is 7.90. The summed E-state index contributed by atoms with van der Waals surface area (Å²) in [5, 5.41) is 6.39. The van der Waals surface area contributed by atoms with Gasteiger partial charge in [-0.25, -0.2) is 4.79 Å². The Hall–Kier alpha value is -0.770. The third kappa shape index (κ3) is 10.1. The van der Waals surface area contributed by atoms with Crippen molar-refractivity contribution in [3.05, 3.63) is 0 Å². The molecule has 4 heteroatoms. The number of hydrogen-bond donors (Lipinski definition) is 2. The van der Waals surface area contributed by atoms with Crippen LogP contribution in [0.5, 0.6) is 0 Å². The monoisotopic (exact) mass is 286 g/mol. The Labute approximate surface area is 125 Å². The number of rotatable bonds is 8. The van der Waals surface area contributed by atoms with Crippen molar-refractivity contribution in [3.8, 4) is 0 Å². The van der Waals surface area contributed by atoms with Crippen molar-refractivity contribution in [2.45, 2.75) is 85.4 Å². The number of carbonyl (C=O) groups excluding carboxylic acids is 1. The summed E-state index contributed by atoms with van der Waals surface area (Å²) in [5.41, 5.74) is -0.445. The van der Waals surface area contributed by atoms with E-state index in [0.29, 0.717) is 6.04 Å². The maximum Gasteiger partial charge on any atom is 0.407 e. The number of carbonyl (C=O) groups is 1. The van der Waals surface area contributed by atoms with Gasteiger partial charge in [0, 0.05) is 18.6 Å². The Kier molecular flexibility index (Phi) is 8.86. The van der Waals surface area contributed by atoms with Crippen LogP contribution in [0.25, 0.3) is 0 Å². The van der Waals surface area contributed by atoms with Gasteiger partial charge < -0.3 is 15.4 Å². The summed E-state index contributed by atoms with van der Waals surface area (Å²) in [6.07, 6.45) is 3.17. The van der Waals surface area contributed by atoms with Crippen molar-refractivity contribution >= 4 is 6.09 Å². The van der Waals surface area contributed by atoms with Gasteiger partial charge in [-0.3, -0.25) is 0 Å². The summed E-state index contributed by atoms with van der Waals surface area (Å²) in [7, 11) is 0. The summed E-state index contributed by atoms with van der Waals surface area (Å²) >= 11 is 0. The third-order valence-corrected chi connectivity index (χ3v) is 3.35. The van der Waals surface area contributed by atoms with Gasteiger partial charge in [-0.05, 0) is 46.5 Å². The van der Waals surface area contributed by atoms with Crippen LogP contribution in [0.4, 0.5) is 4.79 Å². The molecule has 1 amide bonds. The number of amides is 1. The van der Waals surface area contributed by atoms with E-state index in [9.17, 15) is 4.79 Å². The Bertz CT molecular complexity index is 274. The maximum atomic E-state index is 11.6. The van der Waals surface area contributed by atoms with Crippen LogP contribution >= 0.6 is 0 Å². The molecule has 0 aromatic carbocycles. The van der Waals surface area contributed by atoms with Crippen molar-refractivity contribution in [2.75, 3.05) is 6.54 Å². The fraction of sp³-hybridized carbons (Fsp3) is 0.938. The molecule has 3 unspecified atom stereocenters. The highest BCUT2D eigenvalue weighted by Crippen LogP contribution is 2.12. The lowest BCUT2D eigenvalue weighted by Gasteiger charge is -2.24. The van der Waals surface area contributed by atoms with E-state index in [0.717, 1.165) is 18.9 Å². The minimum absolute atomic E-state index is 0.0656. The summed E-state index contributed by atoms with van der Waals surface area (Å²) in [5.74, 6) is 0.738. The lowest BCUT2D eigenvalue weighted by molar-refractivity contribution is 0.0507. The van der Waals surface area contributed by atoms with Gasteiger partial charge in [0.15, 0.2) is 0 Å². The number of hydrogen-bond acceptors (Lipinski definition) is 3. The van der Waals surface area contributed by atoms with Gasteiger partial charge in [0.05, 0.1) is 0 Å². The van der Waals surface area contributed by atoms with Crippen LogP contribution in [0.3, 0.4) is 0 Å². The van der Waals surface area contributed by atoms with Gasteiger partial charge in [0.1, 0.15) is 5.60 Å². The molecule has 0 aliphatic rings. The van der Waals surface area contributed by atoms with Gasteiger partial charge in [0.2, 0.25) is 0 Å². The van der Waals surface area contributed by atoms with Crippen molar-refractivity contribution in [1.82, 2.24) is 10.6 Å². The molecule has 120 valence electrons. The average Bonchev–Trinajstić information content (AvgIpc) is 2.31. The molecule has 0 saturated carbocycles. The smallest absolute Gasteiger partial charge is 0.407 e. The minimum atomic E-state index is -0.445. The van der Waals surface area contributed by atoms with E-state index < -0.39 is 5.60 Å². The predicted octanol–water partition coefficient (Wildman–Crippen LogP) is 3.70. The fourth-order valence-electron chi connectivity index (χ4n) is 1.95. The predicted molar refractivity (Wildman–Crippen MR) is 85.0 cm³/mol. The molecular weight excluding hydrogens is 252 g/mol. The molecular formula is C16H34N2O2.